The fourth-order valence-electron chi connectivity index (χ4n) is 8.22. The van der Waals surface area contributed by atoms with Crippen LogP contribution in [0.3, 0.4) is 0 Å². The van der Waals surface area contributed by atoms with Crippen molar-refractivity contribution in [3.63, 3.8) is 0 Å². The molecule has 70 heavy (non-hydrogen) atoms. The number of carbonyl (C=O) groups is 7. The van der Waals surface area contributed by atoms with Gasteiger partial charge in [0.05, 0.1) is 42.0 Å². The molecule has 4 unspecified atom stereocenters. The molecule has 0 aliphatic carbocycles. The minimum atomic E-state index is -1.32. The van der Waals surface area contributed by atoms with Crippen molar-refractivity contribution in [2.75, 3.05) is 39.5 Å². The van der Waals surface area contributed by atoms with Gasteiger partial charge in [0.15, 0.2) is 5.96 Å². The molecule has 1 aromatic heterocycles. The number of rotatable bonds is 23. The van der Waals surface area contributed by atoms with Crippen LogP contribution in [0.5, 0.6) is 0 Å². The Hall–Kier alpha value is -6.75. The lowest BCUT2D eigenvalue weighted by Crippen LogP contribution is -2.58. The summed E-state index contributed by atoms with van der Waals surface area (Å²) in [5, 5.41) is 36.6. The van der Waals surface area contributed by atoms with Crippen molar-refractivity contribution in [1.29, 1.82) is 0 Å². The molecule has 376 valence electrons. The largest absolute Gasteiger partial charge is 0.480 e. The lowest BCUT2D eigenvalue weighted by Gasteiger charge is -2.35. The first-order valence-corrected chi connectivity index (χ1v) is 23.9. The number of aliphatic hydroxyl groups excluding tert-OH is 1. The van der Waals surface area contributed by atoms with E-state index in [-0.39, 0.29) is 82.8 Å². The van der Waals surface area contributed by atoms with Crippen LogP contribution in [0.4, 0.5) is 0 Å². The quantitative estimate of drug-likeness (QED) is 0.0596. The second-order valence-electron chi connectivity index (χ2n) is 18.4. The van der Waals surface area contributed by atoms with Gasteiger partial charge in [-0.2, -0.15) is 0 Å². The molecule has 0 bridgehead atoms. The molecule has 3 aliphatic heterocycles. The number of carboxylic acid groups (broad SMARTS) is 1. The summed E-state index contributed by atoms with van der Waals surface area (Å²) >= 11 is 1.55. The number of likely N-dealkylation sites (tertiary alicyclic amines) is 1. The summed E-state index contributed by atoms with van der Waals surface area (Å²) in [5.41, 5.74) is 11.5. The summed E-state index contributed by atoms with van der Waals surface area (Å²) < 4.78 is 11.0. The Morgan fingerprint density at radius 3 is 2.34 bits per heavy atom. The number of aliphatic carboxylic acids is 1. The first-order chi connectivity index (χ1) is 33.4. The number of nitrogens with zero attached hydrogens (tertiary/aromatic N) is 3. The first-order valence-electron chi connectivity index (χ1n) is 23.1. The molecule has 22 heteroatoms. The highest BCUT2D eigenvalue weighted by molar-refractivity contribution is 7.13. The van der Waals surface area contributed by atoms with Gasteiger partial charge in [0.25, 0.3) is 5.91 Å². The SMILES string of the molecule is Cc1ncsc1-c1ccc(CNC(=O)C2C[C@@H](O)CN2C(=O)C(NC(=O)COCCOCCNC(=O)CC[C@H](NC(=O)c2ccc(CCC3=CNC4N=C(N)NC(=O)C34)cc2)C(=O)O)C(C)(C)C)cc1. The van der Waals surface area contributed by atoms with E-state index in [1.165, 1.54) is 4.90 Å². The Bertz CT molecular complexity index is 2440. The normalized spacial score (nSPS) is 19.4. The molecule has 2 aromatic carbocycles. The van der Waals surface area contributed by atoms with Crippen LogP contribution in [0.25, 0.3) is 10.4 Å². The summed E-state index contributed by atoms with van der Waals surface area (Å²) in [5.74, 6) is -4.41. The number of β-amino-alcohol motifs (C(OH)–C–C–N with tert-alkyl or cyclic N) is 1. The Kier molecular flexibility index (Phi) is 18.2. The number of amides is 6. The Morgan fingerprint density at radius 1 is 0.943 bits per heavy atom. The lowest BCUT2D eigenvalue weighted by molar-refractivity contribution is -0.144. The van der Waals surface area contributed by atoms with Crippen LogP contribution in [0.15, 0.2) is 70.8 Å². The molecule has 3 aliphatic rings. The maximum absolute atomic E-state index is 13.9. The number of aliphatic imine (C=N–C) groups is 1. The smallest absolute Gasteiger partial charge is 0.326 e. The van der Waals surface area contributed by atoms with E-state index in [1.807, 2.05) is 31.2 Å². The Morgan fingerprint density at radius 2 is 1.66 bits per heavy atom. The molecule has 21 nitrogen and oxygen atoms in total. The van der Waals surface area contributed by atoms with Crippen LogP contribution in [-0.4, -0.2) is 137 Å². The number of hydrogen-bond donors (Lipinski definition) is 9. The van der Waals surface area contributed by atoms with Gasteiger partial charge in [0.1, 0.15) is 36.8 Å². The van der Waals surface area contributed by atoms with Crippen LogP contribution in [-0.2, 0) is 51.2 Å². The highest BCUT2D eigenvalue weighted by atomic mass is 32.1. The third kappa shape index (κ3) is 14.4. The molecular weight excluding hydrogens is 925 g/mol. The number of nitrogens with two attached hydrogens (primary N) is 1. The minimum absolute atomic E-state index is 0.0233. The third-order valence-corrected chi connectivity index (χ3v) is 13.0. The number of aliphatic hydroxyl groups is 1. The number of guanidine groups is 1. The maximum atomic E-state index is 13.9. The van der Waals surface area contributed by atoms with Gasteiger partial charge < -0.3 is 56.9 Å². The molecule has 4 heterocycles. The molecule has 6 rings (SSSR count). The van der Waals surface area contributed by atoms with E-state index in [1.54, 1.807) is 68.1 Å². The van der Waals surface area contributed by atoms with Crippen molar-refractivity contribution >= 4 is 58.7 Å². The first kappa shape index (κ1) is 52.6. The van der Waals surface area contributed by atoms with Crippen LogP contribution < -0.4 is 37.6 Å². The number of benzene rings is 2. The van der Waals surface area contributed by atoms with Gasteiger partial charge >= 0.3 is 5.97 Å². The Balaban J connectivity index is 0.839. The van der Waals surface area contributed by atoms with Crippen LogP contribution in [0.2, 0.25) is 0 Å². The number of aromatic nitrogens is 1. The lowest BCUT2D eigenvalue weighted by atomic mass is 9.85. The summed E-state index contributed by atoms with van der Waals surface area (Å²) in [7, 11) is 0. The van der Waals surface area contributed by atoms with Crippen molar-refractivity contribution in [3.8, 4) is 10.4 Å². The zero-order valence-electron chi connectivity index (χ0n) is 39.6. The summed E-state index contributed by atoms with van der Waals surface area (Å²) in [6.07, 6.45) is 1.32. The van der Waals surface area contributed by atoms with E-state index >= 15 is 0 Å². The fourth-order valence-corrected chi connectivity index (χ4v) is 9.03. The van der Waals surface area contributed by atoms with Crippen LogP contribution >= 0.6 is 11.3 Å². The van der Waals surface area contributed by atoms with Gasteiger partial charge in [-0.1, -0.05) is 57.2 Å². The molecule has 1 saturated heterocycles. The van der Waals surface area contributed by atoms with Crippen molar-refractivity contribution in [2.45, 2.75) is 96.7 Å². The summed E-state index contributed by atoms with van der Waals surface area (Å²) in [4.78, 5) is 101. The number of thiazole rings is 1. The second kappa shape index (κ2) is 24.2. The van der Waals surface area contributed by atoms with Crippen LogP contribution in [0.1, 0.15) is 73.6 Å². The van der Waals surface area contributed by atoms with E-state index in [0.29, 0.717) is 12.8 Å². The summed E-state index contributed by atoms with van der Waals surface area (Å²) in [6.45, 7) is 7.39. The molecule has 10 N–H and O–H groups in total. The van der Waals surface area contributed by atoms with E-state index in [4.69, 9.17) is 15.2 Å². The molecule has 0 saturated carbocycles. The van der Waals surface area contributed by atoms with Gasteiger partial charge in [-0.15, -0.1) is 11.3 Å². The standard InChI is InChI=1S/C48H62N10O11S/c1-27-39(70-26-53-27)30-10-8-29(9-11-30)22-52-43(63)35-21-33(59)24-58(35)45(65)40(48(2,3)4)55-37(61)25-69-20-19-68-18-17-50-36(60)16-15-34(46(66)67)54-42(62)31-12-5-28(6-13-31)7-14-32-23-51-41-38(32)44(64)57-47(49)56-41/h5-6,8-13,23,26,33-35,38,40-41,51,59H,7,14-22,24-25H2,1-4H3,(H,50,60)(H,52,63)(H,54,62)(H,55,61)(H,66,67)(H3,49,56,57,64)/t33-,34+,35?,38?,40?,41?/m1/s1. The number of hydrogen-bond acceptors (Lipinski definition) is 15. The predicted octanol–water partition coefficient (Wildman–Crippen LogP) is 0.847. The highest BCUT2D eigenvalue weighted by Crippen LogP contribution is 2.30. The molecular formula is C48H62N10O11S. The average Bonchev–Trinajstić information content (AvgIpc) is 4.06. The zero-order chi connectivity index (χ0) is 50.5. The van der Waals surface area contributed by atoms with Crippen molar-refractivity contribution in [3.05, 3.63) is 88.2 Å². The zero-order valence-corrected chi connectivity index (χ0v) is 40.4. The maximum Gasteiger partial charge on any atom is 0.326 e. The van der Waals surface area contributed by atoms with Crippen molar-refractivity contribution in [1.82, 2.24) is 41.8 Å². The van der Waals surface area contributed by atoms with Crippen molar-refractivity contribution < 1.29 is 53.2 Å². The van der Waals surface area contributed by atoms with E-state index in [0.717, 1.165) is 32.8 Å². The Labute approximate surface area is 409 Å². The molecule has 0 radical (unpaired) electrons. The molecule has 1 fully saturated rings. The van der Waals surface area contributed by atoms with Gasteiger partial charge in [-0.3, -0.25) is 34.1 Å². The monoisotopic (exact) mass is 986 g/mol. The second-order valence-corrected chi connectivity index (χ2v) is 19.2. The van der Waals surface area contributed by atoms with Gasteiger partial charge in [0, 0.05) is 38.0 Å². The highest BCUT2D eigenvalue weighted by Gasteiger charge is 2.44. The molecule has 6 atom stereocenters. The van der Waals surface area contributed by atoms with Crippen molar-refractivity contribution in [2.24, 2.45) is 22.1 Å². The molecule has 0 spiro atoms. The number of nitrogens with one attached hydrogen (secondary N) is 6. The van der Waals surface area contributed by atoms with Crippen LogP contribution in [0, 0.1) is 18.3 Å². The van der Waals surface area contributed by atoms with Gasteiger partial charge in [0.2, 0.25) is 29.5 Å². The number of ether oxygens (including phenoxy) is 2. The number of carboxylic acids is 1. The molecule has 3 aromatic rings. The number of carbonyl (C=O) groups excluding carboxylic acids is 6. The van der Waals surface area contributed by atoms with E-state index in [9.17, 15) is 43.8 Å². The van der Waals surface area contributed by atoms with Gasteiger partial charge in [-0.05, 0) is 72.2 Å². The number of fused-ring (bicyclic) bond motifs is 1. The average molecular weight is 987 g/mol. The topological polar surface area (TPSA) is 305 Å². The molecule has 6 amide bonds. The predicted molar refractivity (Wildman–Crippen MR) is 257 cm³/mol. The fraction of sp³-hybridized carbons (Fsp3) is 0.479. The number of aryl methyl sites for hydroxylation is 2. The van der Waals surface area contributed by atoms with E-state index in [2.05, 4.69) is 41.9 Å². The minimum Gasteiger partial charge on any atom is -0.480 e. The summed E-state index contributed by atoms with van der Waals surface area (Å²) in [6, 6.07) is 11.2. The van der Waals surface area contributed by atoms with E-state index < -0.39 is 77.2 Å². The van der Waals surface area contributed by atoms with Gasteiger partial charge in [-0.25, -0.2) is 14.8 Å². The third-order valence-electron chi connectivity index (χ3n) is 12.0.